The molecule has 22 heavy (non-hydrogen) atoms. The molecule has 1 aliphatic heterocycles. The fourth-order valence-corrected chi connectivity index (χ4v) is 2.89. The molecule has 1 fully saturated rings. The van der Waals surface area contributed by atoms with Crippen LogP contribution in [0, 0.1) is 6.92 Å². The lowest BCUT2D eigenvalue weighted by Gasteiger charge is -2.26. The van der Waals surface area contributed by atoms with Gasteiger partial charge in [-0.2, -0.15) is 0 Å². The molecule has 1 atom stereocenters. The number of likely N-dealkylation sites (tertiary alicyclic amines) is 1. The maximum absolute atomic E-state index is 12.6. The number of nitrogens with zero attached hydrogens (tertiary/aromatic N) is 4. The van der Waals surface area contributed by atoms with E-state index in [2.05, 4.69) is 9.97 Å². The highest BCUT2D eigenvalue weighted by molar-refractivity contribution is 5.95. The first-order chi connectivity index (χ1) is 10.2. The van der Waals surface area contributed by atoms with Crippen molar-refractivity contribution in [3.05, 3.63) is 23.3 Å². The van der Waals surface area contributed by atoms with Gasteiger partial charge in [-0.05, 0) is 27.4 Å². The van der Waals surface area contributed by atoms with Crippen LogP contribution in [0.15, 0.2) is 6.20 Å². The fraction of sp³-hybridized carbons (Fsp3) is 0.688. The second-order valence-corrected chi connectivity index (χ2v) is 6.82. The minimum absolute atomic E-state index is 0.0949. The number of aryl methyl sites for hydroxylation is 1. The second-order valence-electron chi connectivity index (χ2n) is 6.82. The maximum Gasteiger partial charge on any atom is 0.257 e. The monoisotopic (exact) mass is 306 g/mol. The lowest BCUT2D eigenvalue weighted by Crippen LogP contribution is -2.43. The lowest BCUT2D eigenvalue weighted by molar-refractivity contribution is 0.0236. The van der Waals surface area contributed by atoms with Gasteiger partial charge in [0.1, 0.15) is 5.82 Å². The number of aromatic nitrogens is 2. The number of hydrogen-bond donors (Lipinski definition) is 1. The van der Waals surface area contributed by atoms with E-state index in [0.717, 1.165) is 5.82 Å². The van der Waals surface area contributed by atoms with E-state index in [1.165, 1.54) is 0 Å². The first kappa shape index (κ1) is 16.8. The molecule has 6 heteroatoms. The molecule has 1 aromatic heterocycles. The first-order valence-corrected chi connectivity index (χ1v) is 7.72. The summed E-state index contributed by atoms with van der Waals surface area (Å²) in [7, 11) is 3.84. The van der Waals surface area contributed by atoms with Crippen LogP contribution in [0.1, 0.15) is 48.1 Å². The summed E-state index contributed by atoms with van der Waals surface area (Å²) in [5, 5.41) is 10.5. The molecule has 0 aliphatic carbocycles. The summed E-state index contributed by atoms with van der Waals surface area (Å²) < 4.78 is 0. The van der Waals surface area contributed by atoms with E-state index >= 15 is 0 Å². The van der Waals surface area contributed by atoms with Gasteiger partial charge in [0.2, 0.25) is 0 Å². The van der Waals surface area contributed by atoms with Crippen molar-refractivity contribution in [2.75, 3.05) is 33.7 Å². The molecule has 0 saturated carbocycles. The highest BCUT2D eigenvalue weighted by Gasteiger charge is 2.39. The van der Waals surface area contributed by atoms with Crippen LogP contribution in [-0.2, 0) is 0 Å². The molecule has 2 heterocycles. The highest BCUT2D eigenvalue weighted by Crippen LogP contribution is 2.24. The van der Waals surface area contributed by atoms with Gasteiger partial charge in [0.05, 0.1) is 23.4 Å². The average molecular weight is 306 g/mol. The van der Waals surface area contributed by atoms with Crippen LogP contribution in [0.5, 0.6) is 0 Å². The van der Waals surface area contributed by atoms with Crippen molar-refractivity contribution in [2.24, 2.45) is 0 Å². The molecule has 0 unspecified atom stereocenters. The molecule has 1 amide bonds. The smallest absolute Gasteiger partial charge is 0.257 e. The quantitative estimate of drug-likeness (QED) is 0.900. The van der Waals surface area contributed by atoms with Crippen molar-refractivity contribution >= 4 is 5.91 Å². The summed E-state index contributed by atoms with van der Waals surface area (Å²) in [6, 6.07) is 0. The van der Waals surface area contributed by atoms with Crippen LogP contribution in [0.2, 0.25) is 0 Å². The van der Waals surface area contributed by atoms with Gasteiger partial charge in [0.15, 0.2) is 0 Å². The Kier molecular flexibility index (Phi) is 4.82. The number of rotatable bonds is 4. The van der Waals surface area contributed by atoms with Crippen LogP contribution in [0.25, 0.3) is 0 Å². The number of aliphatic hydroxyl groups is 1. The van der Waals surface area contributed by atoms with Gasteiger partial charge in [0, 0.05) is 25.2 Å². The van der Waals surface area contributed by atoms with Crippen molar-refractivity contribution in [2.45, 2.75) is 38.7 Å². The zero-order chi connectivity index (χ0) is 16.5. The summed E-state index contributed by atoms with van der Waals surface area (Å²) in [6.45, 7) is 7.36. The van der Waals surface area contributed by atoms with Crippen LogP contribution >= 0.6 is 0 Å². The van der Waals surface area contributed by atoms with Crippen molar-refractivity contribution in [3.8, 4) is 0 Å². The van der Waals surface area contributed by atoms with E-state index in [1.54, 1.807) is 11.1 Å². The van der Waals surface area contributed by atoms with Crippen LogP contribution < -0.4 is 0 Å². The predicted octanol–water partition coefficient (Wildman–Crippen LogP) is 1.05. The van der Waals surface area contributed by atoms with Crippen LogP contribution in [-0.4, -0.2) is 70.1 Å². The highest BCUT2D eigenvalue weighted by atomic mass is 16.3. The van der Waals surface area contributed by atoms with Crippen molar-refractivity contribution in [1.82, 2.24) is 19.8 Å². The molecule has 1 saturated heterocycles. The number of amides is 1. The molecule has 1 aromatic rings. The maximum atomic E-state index is 12.6. The molecule has 1 aliphatic rings. The van der Waals surface area contributed by atoms with Gasteiger partial charge in [0.25, 0.3) is 5.91 Å². The summed E-state index contributed by atoms with van der Waals surface area (Å²) in [6.07, 6.45) is 2.21. The molecule has 1 N–H and O–H groups in total. The molecule has 0 radical (unpaired) electrons. The molecule has 0 bridgehead atoms. The van der Waals surface area contributed by atoms with E-state index in [1.807, 2.05) is 39.8 Å². The Morgan fingerprint density at radius 1 is 1.50 bits per heavy atom. The zero-order valence-corrected chi connectivity index (χ0v) is 14.1. The number of carbonyl (C=O) groups excluding carboxylic acids is 1. The van der Waals surface area contributed by atoms with Crippen molar-refractivity contribution in [1.29, 1.82) is 0 Å². The first-order valence-electron chi connectivity index (χ1n) is 7.72. The largest absolute Gasteiger partial charge is 0.387 e. The Labute approximate surface area is 132 Å². The SMILES string of the molecule is Cc1nc(C(C)C)ncc1C(=O)N1CC[C@](O)(CN(C)C)C1. The third-order valence-corrected chi connectivity index (χ3v) is 3.97. The van der Waals surface area contributed by atoms with Gasteiger partial charge >= 0.3 is 0 Å². The molecule has 0 spiro atoms. The topological polar surface area (TPSA) is 69.6 Å². The minimum atomic E-state index is -0.828. The van der Waals surface area contributed by atoms with E-state index in [4.69, 9.17) is 0 Å². The predicted molar refractivity (Wildman–Crippen MR) is 84.9 cm³/mol. The van der Waals surface area contributed by atoms with Gasteiger partial charge in [-0.15, -0.1) is 0 Å². The van der Waals surface area contributed by atoms with Gasteiger partial charge in [-0.25, -0.2) is 9.97 Å². The molecular weight excluding hydrogens is 280 g/mol. The number of likely N-dealkylation sites (N-methyl/N-ethyl adjacent to an activating group) is 1. The van der Waals surface area contributed by atoms with Gasteiger partial charge in [-0.1, -0.05) is 13.8 Å². The number of hydrogen-bond acceptors (Lipinski definition) is 5. The minimum Gasteiger partial charge on any atom is -0.387 e. The average Bonchev–Trinajstić information content (AvgIpc) is 2.79. The zero-order valence-electron chi connectivity index (χ0n) is 14.1. The second kappa shape index (κ2) is 6.30. The van der Waals surface area contributed by atoms with E-state index in [9.17, 15) is 9.90 Å². The Hall–Kier alpha value is -1.53. The fourth-order valence-electron chi connectivity index (χ4n) is 2.89. The number of carbonyl (C=O) groups is 1. The Balaban J connectivity index is 2.13. The Morgan fingerprint density at radius 3 is 2.73 bits per heavy atom. The Morgan fingerprint density at radius 2 is 2.18 bits per heavy atom. The Bertz CT molecular complexity index is 559. The summed E-state index contributed by atoms with van der Waals surface area (Å²) in [5.41, 5.74) is 0.400. The third kappa shape index (κ3) is 3.62. The van der Waals surface area contributed by atoms with E-state index in [-0.39, 0.29) is 11.8 Å². The number of β-amino-alcohol motifs (C(OH)–C–C–N with tert-alkyl or cyclic N) is 1. The van der Waals surface area contributed by atoms with Crippen molar-refractivity contribution in [3.63, 3.8) is 0 Å². The van der Waals surface area contributed by atoms with Crippen LogP contribution in [0.3, 0.4) is 0 Å². The summed E-state index contributed by atoms with van der Waals surface area (Å²) in [5.74, 6) is 0.891. The molecule has 6 nitrogen and oxygen atoms in total. The normalized spacial score (nSPS) is 21.9. The standard InChI is InChI=1S/C16H26N4O2/c1-11(2)14-17-8-13(12(3)18-14)15(21)20-7-6-16(22,10-20)9-19(4)5/h8,11,22H,6-7,9-10H2,1-5H3/t16-/m0/s1. The summed E-state index contributed by atoms with van der Waals surface area (Å²) >= 11 is 0. The van der Waals surface area contributed by atoms with Gasteiger partial charge in [-0.3, -0.25) is 4.79 Å². The molecule has 122 valence electrons. The summed E-state index contributed by atoms with van der Waals surface area (Å²) in [4.78, 5) is 25.0. The lowest BCUT2D eigenvalue weighted by atomic mass is 10.0. The molecule has 2 rings (SSSR count). The van der Waals surface area contributed by atoms with E-state index < -0.39 is 5.60 Å². The third-order valence-electron chi connectivity index (χ3n) is 3.97. The molecule has 0 aromatic carbocycles. The van der Waals surface area contributed by atoms with Crippen molar-refractivity contribution < 1.29 is 9.90 Å². The van der Waals surface area contributed by atoms with Gasteiger partial charge < -0.3 is 14.9 Å². The van der Waals surface area contributed by atoms with E-state index in [0.29, 0.717) is 37.3 Å². The van der Waals surface area contributed by atoms with Crippen LogP contribution in [0.4, 0.5) is 0 Å². The molecular formula is C16H26N4O2.